The molecule has 0 aliphatic rings. The van der Waals surface area contributed by atoms with Gasteiger partial charge in [-0.3, -0.25) is 0 Å². The summed E-state index contributed by atoms with van der Waals surface area (Å²) in [4.78, 5) is 0. The van der Waals surface area contributed by atoms with Crippen LogP contribution in [0, 0.1) is 6.92 Å². The van der Waals surface area contributed by atoms with E-state index >= 15 is 0 Å². The van der Waals surface area contributed by atoms with Crippen LogP contribution in [0.2, 0.25) is 5.02 Å². The van der Waals surface area contributed by atoms with Gasteiger partial charge in [0.15, 0.2) is 0 Å². The minimum absolute atomic E-state index is 0.0353. The maximum Gasteiger partial charge on any atom is 0.271 e. The zero-order valence-corrected chi connectivity index (χ0v) is 17.4. The molecule has 28 heavy (non-hydrogen) atoms. The van der Waals surface area contributed by atoms with Crippen LogP contribution >= 0.6 is 11.6 Å². The van der Waals surface area contributed by atoms with Crippen molar-refractivity contribution in [2.75, 3.05) is 0 Å². The first-order chi connectivity index (χ1) is 13.0. The van der Waals surface area contributed by atoms with Crippen LogP contribution in [-0.2, 0) is 5.92 Å². The number of hydrogen-bond donors (Lipinski definition) is 1. The molecule has 0 amide bonds. The highest BCUT2D eigenvalue weighted by atomic mass is 35.5. The van der Waals surface area contributed by atoms with Gasteiger partial charge < -0.3 is 5.11 Å². The summed E-state index contributed by atoms with van der Waals surface area (Å²) in [5, 5.41) is 10.3. The van der Waals surface area contributed by atoms with Crippen LogP contribution in [0.3, 0.4) is 0 Å². The lowest BCUT2D eigenvalue weighted by Crippen LogP contribution is -2.11. The highest BCUT2D eigenvalue weighted by Crippen LogP contribution is 2.35. The van der Waals surface area contributed by atoms with Crippen molar-refractivity contribution in [2.24, 2.45) is 0 Å². The normalized spacial score (nSPS) is 13.3. The van der Waals surface area contributed by atoms with Gasteiger partial charge in [-0.15, -0.1) is 0 Å². The third-order valence-corrected chi connectivity index (χ3v) is 5.16. The number of aryl methyl sites for hydroxylation is 1. The lowest BCUT2D eigenvalue weighted by atomic mass is 9.91. The third-order valence-electron chi connectivity index (χ3n) is 4.85. The fraction of sp³-hybridized carbons (Fsp3) is 0.250. The van der Waals surface area contributed by atoms with E-state index < -0.39 is 5.92 Å². The van der Waals surface area contributed by atoms with Gasteiger partial charge in [0.2, 0.25) is 0 Å². The summed E-state index contributed by atoms with van der Waals surface area (Å²) >= 11 is 6.34. The summed E-state index contributed by atoms with van der Waals surface area (Å²) in [6, 6.07) is 8.57. The third kappa shape index (κ3) is 4.71. The Bertz CT molecular complexity index is 929. The molecule has 2 aromatic carbocycles. The lowest BCUT2D eigenvalue weighted by molar-refractivity contribution is 0.0169. The Morgan fingerprint density at radius 3 is 2.39 bits per heavy atom. The van der Waals surface area contributed by atoms with Crippen molar-refractivity contribution in [1.29, 1.82) is 0 Å². The highest BCUT2D eigenvalue weighted by molar-refractivity contribution is 6.32. The summed E-state index contributed by atoms with van der Waals surface area (Å²) in [6.45, 7) is 13.9. The molecule has 0 spiro atoms. The molecule has 0 saturated carbocycles. The van der Waals surface area contributed by atoms with E-state index in [1.54, 1.807) is 12.1 Å². The molecule has 4 heteroatoms. The van der Waals surface area contributed by atoms with Crippen molar-refractivity contribution in [3.8, 4) is 0 Å². The molecular formula is C24H25ClF2O. The van der Waals surface area contributed by atoms with E-state index in [1.165, 1.54) is 12.1 Å². The van der Waals surface area contributed by atoms with Gasteiger partial charge in [-0.2, -0.15) is 0 Å². The number of allylic oxidation sites excluding steroid dienone is 2. The number of halogens is 3. The summed E-state index contributed by atoms with van der Waals surface area (Å²) in [6.07, 6.45) is 3.75. The van der Waals surface area contributed by atoms with Crippen molar-refractivity contribution in [2.45, 2.75) is 39.5 Å². The zero-order chi connectivity index (χ0) is 21.2. The lowest BCUT2D eigenvalue weighted by Gasteiger charge is -2.18. The number of benzene rings is 2. The Morgan fingerprint density at radius 2 is 1.89 bits per heavy atom. The van der Waals surface area contributed by atoms with Crippen LogP contribution in [0.4, 0.5) is 8.78 Å². The van der Waals surface area contributed by atoms with Gasteiger partial charge in [-0.05, 0) is 59.7 Å². The van der Waals surface area contributed by atoms with Gasteiger partial charge in [-0.1, -0.05) is 62.0 Å². The van der Waals surface area contributed by atoms with Gasteiger partial charge in [0.25, 0.3) is 5.92 Å². The minimum atomic E-state index is -3.09. The van der Waals surface area contributed by atoms with E-state index in [4.69, 9.17) is 11.6 Å². The van der Waals surface area contributed by atoms with E-state index in [-0.39, 0.29) is 22.8 Å². The first kappa shape index (κ1) is 21.9. The summed E-state index contributed by atoms with van der Waals surface area (Å²) in [7, 11) is 0. The predicted octanol–water partition coefficient (Wildman–Crippen LogP) is 8.14. The Morgan fingerprint density at radius 1 is 1.25 bits per heavy atom. The Hall–Kier alpha value is -2.39. The highest BCUT2D eigenvalue weighted by Gasteiger charge is 2.29. The molecule has 1 atom stereocenters. The fourth-order valence-electron chi connectivity index (χ4n) is 3.28. The predicted molar refractivity (Wildman–Crippen MR) is 116 cm³/mol. The molecule has 1 nitrogen and oxygen atoms in total. The SMILES string of the molecule is C=Cc1c(C)cc(C(C)/C=C(\C)c2ccc(C(=C)O)c(C(C)(F)F)c2)cc1Cl. The second kappa shape index (κ2) is 8.32. The van der Waals surface area contributed by atoms with Crippen molar-refractivity contribution >= 4 is 29.0 Å². The summed E-state index contributed by atoms with van der Waals surface area (Å²) in [5.41, 5.74) is 4.32. The van der Waals surface area contributed by atoms with Crippen LogP contribution in [0.15, 0.2) is 49.6 Å². The zero-order valence-electron chi connectivity index (χ0n) is 16.6. The molecular weight excluding hydrogens is 378 g/mol. The Kier molecular flexibility index (Phi) is 6.51. The Balaban J connectivity index is 2.45. The topological polar surface area (TPSA) is 20.2 Å². The van der Waals surface area contributed by atoms with E-state index in [9.17, 15) is 13.9 Å². The molecule has 148 valence electrons. The molecule has 0 fully saturated rings. The molecule has 0 bridgehead atoms. The van der Waals surface area contributed by atoms with Crippen LogP contribution in [0.25, 0.3) is 17.4 Å². The van der Waals surface area contributed by atoms with Crippen molar-refractivity contribution < 1.29 is 13.9 Å². The van der Waals surface area contributed by atoms with Gasteiger partial charge in [-0.25, -0.2) is 8.78 Å². The second-order valence-corrected chi connectivity index (χ2v) is 7.58. The smallest absolute Gasteiger partial charge is 0.271 e. The van der Waals surface area contributed by atoms with Crippen molar-refractivity contribution in [3.63, 3.8) is 0 Å². The molecule has 2 rings (SSSR count). The van der Waals surface area contributed by atoms with Crippen LogP contribution in [0.5, 0.6) is 0 Å². The monoisotopic (exact) mass is 402 g/mol. The van der Waals surface area contributed by atoms with Gasteiger partial charge >= 0.3 is 0 Å². The molecule has 0 aliphatic heterocycles. The van der Waals surface area contributed by atoms with E-state index in [2.05, 4.69) is 19.2 Å². The van der Waals surface area contributed by atoms with Gasteiger partial charge in [0.05, 0.1) is 0 Å². The standard InChI is InChI=1S/C24H25ClF2O/c1-7-20-16(4)11-19(13-23(20)25)15(3)10-14(2)18-8-9-21(17(5)28)22(12-18)24(6,26)27/h7-13,15,28H,1,5H2,2-4,6H3/b14-10+. The van der Waals surface area contributed by atoms with Crippen molar-refractivity contribution in [3.05, 3.63) is 88.0 Å². The van der Waals surface area contributed by atoms with Gasteiger partial charge in [0.1, 0.15) is 5.76 Å². The molecule has 0 aliphatic carbocycles. The second-order valence-electron chi connectivity index (χ2n) is 7.17. The largest absolute Gasteiger partial charge is 0.508 e. The maximum absolute atomic E-state index is 14.0. The molecule has 1 N–H and O–H groups in total. The van der Waals surface area contributed by atoms with Crippen LogP contribution in [0.1, 0.15) is 60.1 Å². The maximum atomic E-state index is 14.0. The first-order valence-electron chi connectivity index (χ1n) is 8.97. The number of aliphatic hydroxyl groups is 1. The molecule has 0 radical (unpaired) electrons. The molecule has 0 heterocycles. The molecule has 0 saturated heterocycles. The summed E-state index contributed by atoms with van der Waals surface area (Å²) < 4.78 is 28.0. The van der Waals surface area contributed by atoms with E-state index in [0.717, 1.165) is 29.2 Å². The van der Waals surface area contributed by atoms with E-state index in [1.807, 2.05) is 32.9 Å². The number of alkyl halides is 2. The van der Waals surface area contributed by atoms with E-state index in [0.29, 0.717) is 10.6 Å². The first-order valence-corrected chi connectivity index (χ1v) is 9.35. The summed E-state index contributed by atoms with van der Waals surface area (Å²) in [5.74, 6) is -3.42. The van der Waals surface area contributed by atoms with Crippen molar-refractivity contribution in [1.82, 2.24) is 0 Å². The fourth-order valence-corrected chi connectivity index (χ4v) is 3.63. The average molecular weight is 403 g/mol. The molecule has 0 aromatic heterocycles. The number of aliphatic hydroxyl groups excluding tert-OH is 1. The Labute approximate surface area is 170 Å². The minimum Gasteiger partial charge on any atom is -0.508 e. The van der Waals surface area contributed by atoms with Crippen LogP contribution in [-0.4, -0.2) is 5.11 Å². The number of hydrogen-bond acceptors (Lipinski definition) is 1. The number of rotatable bonds is 6. The quantitative estimate of drug-likeness (QED) is 0.483. The van der Waals surface area contributed by atoms with Gasteiger partial charge in [0, 0.05) is 23.1 Å². The van der Waals surface area contributed by atoms with Crippen LogP contribution < -0.4 is 0 Å². The average Bonchev–Trinajstić information content (AvgIpc) is 2.59. The molecule has 2 aromatic rings. The molecule has 1 unspecified atom stereocenters.